The van der Waals surface area contributed by atoms with E-state index < -0.39 is 6.04 Å². The molecule has 1 aromatic heterocycles. The van der Waals surface area contributed by atoms with Crippen LogP contribution in [0.2, 0.25) is 0 Å². The lowest BCUT2D eigenvalue weighted by molar-refractivity contribution is -0.142. The molecule has 1 heterocycles. The van der Waals surface area contributed by atoms with Gasteiger partial charge in [0, 0.05) is 33.1 Å². The van der Waals surface area contributed by atoms with Crippen molar-refractivity contribution in [3.63, 3.8) is 0 Å². The molecule has 1 atom stereocenters. The Labute approximate surface area is 238 Å². The van der Waals surface area contributed by atoms with Crippen LogP contribution in [0.25, 0.3) is 20.5 Å². The Morgan fingerprint density at radius 1 is 0.900 bits per heavy atom. The van der Waals surface area contributed by atoms with Gasteiger partial charge >= 0.3 is 5.97 Å². The predicted octanol–water partition coefficient (Wildman–Crippen LogP) is 6.72. The standard InChI is InChI=1S/C32H35N3O4S/c1-4-39-30(36)17-18-33-31(37)23-11-15-25(16-12-23)34-27(19-21(2)3)32(38)35-26-13-9-22(10-14-26)29-20-24-7-5-6-8-28(24)40-29/h5-16,20-21,27,34H,4,17-19H2,1-3H3,(H,33,37)(H,35,38)/t27-/m0/s1. The molecule has 208 valence electrons. The summed E-state index contributed by atoms with van der Waals surface area (Å²) < 4.78 is 6.12. The van der Waals surface area contributed by atoms with Crippen LogP contribution in [-0.2, 0) is 14.3 Å². The van der Waals surface area contributed by atoms with Gasteiger partial charge in [0.1, 0.15) is 6.04 Å². The second-order valence-corrected chi connectivity index (χ2v) is 11.0. The summed E-state index contributed by atoms with van der Waals surface area (Å²) in [6.07, 6.45) is 0.765. The smallest absolute Gasteiger partial charge is 0.307 e. The van der Waals surface area contributed by atoms with Crippen LogP contribution in [0.4, 0.5) is 11.4 Å². The number of hydrogen-bond donors (Lipinski definition) is 3. The number of hydrogen-bond acceptors (Lipinski definition) is 6. The van der Waals surface area contributed by atoms with E-state index in [1.165, 1.54) is 15.0 Å². The van der Waals surface area contributed by atoms with Crippen LogP contribution in [0.3, 0.4) is 0 Å². The van der Waals surface area contributed by atoms with Gasteiger partial charge in [-0.3, -0.25) is 14.4 Å². The summed E-state index contributed by atoms with van der Waals surface area (Å²) in [5, 5.41) is 10.3. The van der Waals surface area contributed by atoms with Gasteiger partial charge in [-0.05, 0) is 78.7 Å². The summed E-state index contributed by atoms with van der Waals surface area (Å²) in [5.41, 5.74) is 3.06. The second kappa shape index (κ2) is 13.8. The molecule has 0 unspecified atom stereocenters. The maximum atomic E-state index is 13.2. The number of esters is 1. The minimum absolute atomic E-state index is 0.121. The number of thiophene rings is 1. The number of fused-ring (bicyclic) bond motifs is 1. The monoisotopic (exact) mass is 557 g/mol. The van der Waals surface area contributed by atoms with Crippen molar-refractivity contribution in [3.8, 4) is 10.4 Å². The average Bonchev–Trinajstić information content (AvgIpc) is 3.38. The first-order chi connectivity index (χ1) is 19.3. The van der Waals surface area contributed by atoms with Gasteiger partial charge in [0.25, 0.3) is 5.91 Å². The Bertz CT molecular complexity index is 1410. The van der Waals surface area contributed by atoms with E-state index in [0.717, 1.165) is 16.9 Å². The van der Waals surface area contributed by atoms with Crippen molar-refractivity contribution in [1.29, 1.82) is 0 Å². The zero-order valence-electron chi connectivity index (χ0n) is 23.0. The first kappa shape index (κ1) is 28.8. The van der Waals surface area contributed by atoms with Crippen molar-refractivity contribution in [2.75, 3.05) is 23.8 Å². The van der Waals surface area contributed by atoms with E-state index in [1.54, 1.807) is 42.5 Å². The van der Waals surface area contributed by atoms with Crippen LogP contribution in [0.15, 0.2) is 78.9 Å². The molecule has 0 aliphatic carbocycles. The molecule has 40 heavy (non-hydrogen) atoms. The van der Waals surface area contributed by atoms with E-state index in [-0.39, 0.29) is 30.7 Å². The second-order valence-electron chi connectivity index (χ2n) is 9.93. The summed E-state index contributed by atoms with van der Waals surface area (Å²) in [6.45, 7) is 6.42. The van der Waals surface area contributed by atoms with E-state index >= 15 is 0 Å². The molecule has 0 aliphatic heterocycles. The Morgan fingerprint density at radius 2 is 1.60 bits per heavy atom. The molecule has 4 aromatic rings. The normalized spacial score (nSPS) is 11.7. The highest BCUT2D eigenvalue weighted by Crippen LogP contribution is 2.33. The number of ether oxygens (including phenoxy) is 1. The highest BCUT2D eigenvalue weighted by molar-refractivity contribution is 7.22. The van der Waals surface area contributed by atoms with Gasteiger partial charge in [0.05, 0.1) is 13.0 Å². The molecule has 3 aromatic carbocycles. The van der Waals surface area contributed by atoms with E-state index in [0.29, 0.717) is 24.5 Å². The summed E-state index contributed by atoms with van der Waals surface area (Å²) in [5.74, 6) is -0.442. The zero-order valence-corrected chi connectivity index (χ0v) is 23.8. The quantitative estimate of drug-likeness (QED) is 0.168. The average molecular weight is 558 g/mol. The van der Waals surface area contributed by atoms with E-state index in [1.807, 2.05) is 36.4 Å². The van der Waals surface area contributed by atoms with Crippen molar-refractivity contribution in [2.24, 2.45) is 5.92 Å². The van der Waals surface area contributed by atoms with Gasteiger partial charge in [0.2, 0.25) is 5.91 Å². The predicted molar refractivity (Wildman–Crippen MR) is 163 cm³/mol. The van der Waals surface area contributed by atoms with Gasteiger partial charge in [-0.15, -0.1) is 11.3 Å². The van der Waals surface area contributed by atoms with E-state index in [2.05, 4.69) is 48.0 Å². The minimum Gasteiger partial charge on any atom is -0.466 e. The molecule has 7 nitrogen and oxygen atoms in total. The number of benzene rings is 3. The molecular formula is C32H35N3O4S. The number of carbonyl (C=O) groups excluding carboxylic acids is 3. The maximum Gasteiger partial charge on any atom is 0.307 e. The summed E-state index contributed by atoms with van der Waals surface area (Å²) in [4.78, 5) is 38.3. The van der Waals surface area contributed by atoms with Crippen molar-refractivity contribution in [2.45, 2.75) is 39.7 Å². The van der Waals surface area contributed by atoms with Crippen molar-refractivity contribution < 1.29 is 19.1 Å². The van der Waals surface area contributed by atoms with Crippen LogP contribution in [0.1, 0.15) is 44.0 Å². The van der Waals surface area contributed by atoms with Crippen LogP contribution in [0.5, 0.6) is 0 Å². The summed E-state index contributed by atoms with van der Waals surface area (Å²) in [6, 6.07) is 24.9. The number of carbonyl (C=O) groups is 3. The Morgan fingerprint density at radius 3 is 2.27 bits per heavy atom. The number of rotatable bonds is 12. The van der Waals surface area contributed by atoms with Crippen molar-refractivity contribution in [3.05, 3.63) is 84.4 Å². The summed E-state index contributed by atoms with van der Waals surface area (Å²) >= 11 is 1.75. The van der Waals surface area contributed by atoms with Crippen LogP contribution in [-0.4, -0.2) is 37.0 Å². The van der Waals surface area contributed by atoms with Crippen molar-refractivity contribution >= 4 is 50.6 Å². The molecule has 2 amide bonds. The third-order valence-electron chi connectivity index (χ3n) is 6.29. The number of nitrogens with one attached hydrogen (secondary N) is 3. The first-order valence-electron chi connectivity index (χ1n) is 13.5. The maximum absolute atomic E-state index is 13.2. The van der Waals surface area contributed by atoms with Crippen LogP contribution in [0, 0.1) is 5.92 Å². The number of amides is 2. The Balaban J connectivity index is 1.35. The number of anilines is 2. The van der Waals surface area contributed by atoms with Gasteiger partial charge < -0.3 is 20.7 Å². The Hall–Kier alpha value is -4.17. The first-order valence-corrected chi connectivity index (χ1v) is 14.3. The van der Waals surface area contributed by atoms with Crippen LogP contribution < -0.4 is 16.0 Å². The van der Waals surface area contributed by atoms with Crippen LogP contribution >= 0.6 is 11.3 Å². The fourth-order valence-corrected chi connectivity index (χ4v) is 5.37. The molecule has 0 radical (unpaired) electrons. The lowest BCUT2D eigenvalue weighted by Gasteiger charge is -2.21. The highest BCUT2D eigenvalue weighted by atomic mass is 32.1. The third kappa shape index (κ3) is 7.93. The SMILES string of the molecule is CCOC(=O)CCNC(=O)c1ccc(N[C@@H](CC(C)C)C(=O)Nc2ccc(-c3cc4ccccc4s3)cc2)cc1. The zero-order chi connectivity index (χ0) is 28.5. The third-order valence-corrected chi connectivity index (χ3v) is 7.46. The van der Waals surface area contributed by atoms with E-state index in [9.17, 15) is 14.4 Å². The minimum atomic E-state index is -0.452. The highest BCUT2D eigenvalue weighted by Gasteiger charge is 2.20. The fourth-order valence-electron chi connectivity index (χ4n) is 4.31. The lowest BCUT2D eigenvalue weighted by atomic mass is 10.0. The molecule has 0 saturated heterocycles. The molecule has 8 heteroatoms. The molecule has 0 aliphatic rings. The molecule has 0 spiro atoms. The molecule has 4 rings (SSSR count). The lowest BCUT2D eigenvalue weighted by Crippen LogP contribution is -2.35. The van der Waals surface area contributed by atoms with E-state index in [4.69, 9.17) is 4.74 Å². The molecule has 0 bridgehead atoms. The summed E-state index contributed by atoms with van der Waals surface area (Å²) in [7, 11) is 0. The molecule has 0 saturated carbocycles. The van der Waals surface area contributed by atoms with Gasteiger partial charge in [0.15, 0.2) is 0 Å². The molecular weight excluding hydrogens is 522 g/mol. The molecule has 3 N–H and O–H groups in total. The largest absolute Gasteiger partial charge is 0.466 e. The van der Waals surface area contributed by atoms with Gasteiger partial charge in [-0.1, -0.05) is 44.2 Å². The van der Waals surface area contributed by atoms with Gasteiger partial charge in [-0.25, -0.2) is 0 Å². The molecule has 0 fully saturated rings. The Kier molecular flexibility index (Phi) is 9.91. The fraction of sp³-hybridized carbons (Fsp3) is 0.281. The van der Waals surface area contributed by atoms with Crippen molar-refractivity contribution in [1.82, 2.24) is 5.32 Å². The van der Waals surface area contributed by atoms with Gasteiger partial charge in [-0.2, -0.15) is 0 Å². The topological polar surface area (TPSA) is 96.5 Å².